The molecule has 420 valence electrons. The van der Waals surface area contributed by atoms with Gasteiger partial charge in [-0.25, -0.2) is 61.5 Å². The third-order valence-corrected chi connectivity index (χ3v) is 11.3. The van der Waals surface area contributed by atoms with Gasteiger partial charge in [0.25, 0.3) is 0 Å². The van der Waals surface area contributed by atoms with Crippen LogP contribution < -0.4 is 0 Å². The van der Waals surface area contributed by atoms with Gasteiger partial charge in [-0.3, -0.25) is 0 Å². The molecule has 0 aliphatic carbocycles. The Morgan fingerprint density at radius 2 is 0.372 bits per heavy atom. The molecular formula is C64H66F14. The van der Waals surface area contributed by atoms with Crippen molar-refractivity contribution < 1.29 is 61.5 Å². The number of aryl methyl sites for hydroxylation is 12. The van der Waals surface area contributed by atoms with Gasteiger partial charge in [0.2, 0.25) is 0 Å². The molecule has 0 fully saturated rings. The van der Waals surface area contributed by atoms with Crippen LogP contribution in [0.1, 0.15) is 89.0 Å². The van der Waals surface area contributed by atoms with E-state index in [1.165, 1.54) is 103 Å². The van der Waals surface area contributed by atoms with Crippen LogP contribution in [-0.2, 0) is 0 Å². The molecule has 0 spiro atoms. The van der Waals surface area contributed by atoms with Crippen molar-refractivity contribution in [1.29, 1.82) is 0 Å². The third-order valence-electron chi connectivity index (χ3n) is 11.3. The zero-order valence-electron chi connectivity index (χ0n) is 46.7. The monoisotopic (exact) mass is 1100 g/mol. The standard InChI is InChI=1S/2C8H7F3.3C8H8F2.2C8H9F.C8H10/c2*1-4-3-6(9)5(2)8(11)7(4)10;2*1-5-3-7(9)6(2)8(10)4-5;1-5-3-4-6(2)8(10)7(5)9;2*1-6-3-4-7(2)8(9)5-6;1-7-3-5-8(2)6-4-7/h2*3H,1-2H3;3*3-4H,1-2H3;2*3-5H,1-2H3;3-6H,1-2H3. The molecule has 0 bridgehead atoms. The van der Waals surface area contributed by atoms with Crippen LogP contribution in [0.5, 0.6) is 0 Å². The summed E-state index contributed by atoms with van der Waals surface area (Å²) in [6.45, 7) is 25.7. The van der Waals surface area contributed by atoms with E-state index in [1.807, 2.05) is 26.0 Å². The fourth-order valence-corrected chi connectivity index (χ4v) is 5.93. The van der Waals surface area contributed by atoms with Crippen LogP contribution in [0.25, 0.3) is 0 Å². The summed E-state index contributed by atoms with van der Waals surface area (Å²) in [6.07, 6.45) is 0. The van der Waals surface area contributed by atoms with E-state index >= 15 is 0 Å². The highest BCUT2D eigenvalue weighted by atomic mass is 19.2. The highest BCUT2D eigenvalue weighted by Crippen LogP contribution is 2.20. The molecule has 0 aliphatic rings. The average molecular weight is 1100 g/mol. The number of rotatable bonds is 0. The van der Waals surface area contributed by atoms with Crippen LogP contribution in [0.15, 0.2) is 109 Å². The first-order valence-corrected chi connectivity index (χ1v) is 24.1. The highest BCUT2D eigenvalue weighted by Gasteiger charge is 2.14. The zero-order valence-corrected chi connectivity index (χ0v) is 46.7. The molecule has 0 nitrogen and oxygen atoms in total. The van der Waals surface area contributed by atoms with Crippen molar-refractivity contribution >= 4 is 0 Å². The molecule has 14 heteroatoms. The summed E-state index contributed by atoms with van der Waals surface area (Å²) in [7, 11) is 0. The number of hydrogen-bond donors (Lipinski definition) is 0. The van der Waals surface area contributed by atoms with E-state index in [-0.39, 0.29) is 45.0 Å². The van der Waals surface area contributed by atoms with E-state index in [2.05, 4.69) is 38.1 Å². The fraction of sp³-hybridized carbons (Fsp3) is 0.250. The lowest BCUT2D eigenvalue weighted by atomic mass is 10.1. The van der Waals surface area contributed by atoms with Gasteiger partial charge in [0.05, 0.1) is 0 Å². The first-order valence-electron chi connectivity index (χ1n) is 24.1. The normalized spacial score (nSPS) is 9.92. The van der Waals surface area contributed by atoms with E-state index in [4.69, 9.17) is 0 Å². The predicted octanol–water partition coefficient (Wildman–Crippen LogP) is 20.4. The minimum absolute atomic E-state index is 0.00870. The van der Waals surface area contributed by atoms with Crippen molar-refractivity contribution in [3.05, 3.63) is 280 Å². The summed E-state index contributed by atoms with van der Waals surface area (Å²) < 4.78 is 177. The molecule has 0 aliphatic heterocycles. The van der Waals surface area contributed by atoms with Crippen LogP contribution in [0, 0.1) is 192 Å². The number of benzene rings is 8. The Morgan fingerprint density at radius 1 is 0.167 bits per heavy atom. The van der Waals surface area contributed by atoms with Gasteiger partial charge >= 0.3 is 0 Å². The van der Waals surface area contributed by atoms with Crippen molar-refractivity contribution in [3.8, 4) is 0 Å². The Bertz CT molecular complexity index is 2920. The van der Waals surface area contributed by atoms with Crippen LogP contribution in [0.4, 0.5) is 61.5 Å². The Morgan fingerprint density at radius 3 is 0.615 bits per heavy atom. The van der Waals surface area contributed by atoms with Crippen molar-refractivity contribution in [2.45, 2.75) is 111 Å². The van der Waals surface area contributed by atoms with Gasteiger partial charge in [0.1, 0.15) is 46.5 Å². The van der Waals surface area contributed by atoms with Crippen molar-refractivity contribution in [3.63, 3.8) is 0 Å². The minimum Gasteiger partial charge on any atom is -0.207 e. The fourth-order valence-electron chi connectivity index (χ4n) is 5.93. The van der Waals surface area contributed by atoms with Gasteiger partial charge in [0.15, 0.2) is 34.9 Å². The topological polar surface area (TPSA) is 0 Å². The first kappa shape index (κ1) is 68.8. The zero-order chi connectivity index (χ0) is 60.0. The molecule has 0 heterocycles. The van der Waals surface area contributed by atoms with E-state index in [0.717, 1.165) is 23.3 Å². The molecular weight excluding hydrogens is 1030 g/mol. The van der Waals surface area contributed by atoms with Gasteiger partial charge in [-0.2, -0.15) is 0 Å². The molecule has 0 aromatic heterocycles. The second-order valence-electron chi connectivity index (χ2n) is 18.6. The van der Waals surface area contributed by atoms with E-state index < -0.39 is 69.8 Å². The van der Waals surface area contributed by atoms with Gasteiger partial charge in [-0.15, -0.1) is 0 Å². The summed E-state index contributed by atoms with van der Waals surface area (Å²) in [6, 6.07) is 29.3. The molecule has 0 atom stereocenters. The summed E-state index contributed by atoms with van der Waals surface area (Å²) in [5, 5.41) is 0. The molecule has 0 amide bonds. The van der Waals surface area contributed by atoms with Crippen LogP contribution >= 0.6 is 0 Å². The summed E-state index contributed by atoms with van der Waals surface area (Å²) in [4.78, 5) is 0. The maximum Gasteiger partial charge on any atom is 0.164 e. The minimum atomic E-state index is -1.09. The summed E-state index contributed by atoms with van der Waals surface area (Å²) >= 11 is 0. The Labute approximate surface area is 450 Å². The van der Waals surface area contributed by atoms with Crippen LogP contribution in [0.2, 0.25) is 0 Å². The van der Waals surface area contributed by atoms with Crippen molar-refractivity contribution in [1.82, 2.24) is 0 Å². The molecule has 8 aromatic rings. The molecule has 0 saturated heterocycles. The molecule has 8 rings (SSSR count). The quantitative estimate of drug-likeness (QED) is 0.105. The lowest BCUT2D eigenvalue weighted by Gasteiger charge is -2.01. The second-order valence-corrected chi connectivity index (χ2v) is 18.6. The van der Waals surface area contributed by atoms with Gasteiger partial charge in [0, 0.05) is 22.3 Å². The van der Waals surface area contributed by atoms with Gasteiger partial charge in [-0.05, 0) is 215 Å². The second kappa shape index (κ2) is 32.5. The third kappa shape index (κ3) is 22.8. The molecule has 0 radical (unpaired) electrons. The SMILES string of the molecule is Cc1cc(F)c(C)c(F)c1.Cc1cc(F)c(C)c(F)c1.Cc1cc(F)c(C)c(F)c1F.Cc1cc(F)c(C)c(F)c1F.Cc1ccc(C)c(F)c1.Cc1ccc(C)c(F)c1.Cc1ccc(C)c(F)c1F.Cc1ccc(C)cc1. The largest absolute Gasteiger partial charge is 0.207 e. The van der Waals surface area contributed by atoms with E-state index in [1.54, 1.807) is 52.0 Å². The molecule has 0 N–H and O–H groups in total. The Kier molecular flexibility index (Phi) is 28.7. The van der Waals surface area contributed by atoms with Crippen molar-refractivity contribution in [2.75, 3.05) is 0 Å². The van der Waals surface area contributed by atoms with E-state index in [0.29, 0.717) is 33.4 Å². The molecule has 0 unspecified atom stereocenters. The molecule has 0 saturated carbocycles. The lowest BCUT2D eigenvalue weighted by molar-refractivity contribution is 0.480. The Balaban J connectivity index is 0.000000446. The maximum absolute atomic E-state index is 12.6. The van der Waals surface area contributed by atoms with Crippen LogP contribution in [0.3, 0.4) is 0 Å². The van der Waals surface area contributed by atoms with Gasteiger partial charge in [-0.1, -0.05) is 71.8 Å². The molecule has 78 heavy (non-hydrogen) atoms. The van der Waals surface area contributed by atoms with Crippen molar-refractivity contribution in [2.24, 2.45) is 0 Å². The molecule has 8 aromatic carbocycles. The Hall–Kier alpha value is -7.22. The number of hydrogen-bond acceptors (Lipinski definition) is 0. The van der Waals surface area contributed by atoms with E-state index in [9.17, 15) is 61.5 Å². The lowest BCUT2D eigenvalue weighted by Crippen LogP contribution is -1.96. The summed E-state index contributed by atoms with van der Waals surface area (Å²) in [5.74, 6) is -9.14. The van der Waals surface area contributed by atoms with Crippen LogP contribution in [-0.4, -0.2) is 0 Å². The summed E-state index contributed by atoms with van der Waals surface area (Å²) in [5.41, 5.74) is 7.56. The smallest absolute Gasteiger partial charge is 0.164 e. The highest BCUT2D eigenvalue weighted by molar-refractivity contribution is 5.29. The van der Waals surface area contributed by atoms with Gasteiger partial charge < -0.3 is 0 Å². The average Bonchev–Trinajstić information content (AvgIpc) is 3.37. The predicted molar refractivity (Wildman–Crippen MR) is 287 cm³/mol. The number of halogens is 14. The maximum atomic E-state index is 12.6. The first-order chi connectivity index (χ1) is 36.1.